The summed E-state index contributed by atoms with van der Waals surface area (Å²) in [5.74, 6) is -0.176. The van der Waals surface area contributed by atoms with Crippen LogP contribution in [0.15, 0.2) is 18.2 Å². The van der Waals surface area contributed by atoms with Crippen LogP contribution in [0.4, 0.5) is 0 Å². The summed E-state index contributed by atoms with van der Waals surface area (Å²) >= 11 is 0. The van der Waals surface area contributed by atoms with Gasteiger partial charge in [-0.3, -0.25) is 9.63 Å². The van der Waals surface area contributed by atoms with Gasteiger partial charge in [-0.25, -0.2) is 5.48 Å². The number of amides is 1. The van der Waals surface area contributed by atoms with Crippen molar-refractivity contribution in [2.24, 2.45) is 0 Å². The van der Waals surface area contributed by atoms with Gasteiger partial charge in [-0.15, -0.1) is 0 Å². The van der Waals surface area contributed by atoms with Gasteiger partial charge >= 0.3 is 0 Å². The van der Waals surface area contributed by atoms with Crippen molar-refractivity contribution in [1.82, 2.24) is 5.48 Å². The van der Waals surface area contributed by atoms with Crippen molar-refractivity contribution in [2.75, 3.05) is 7.11 Å². The number of carbonyl (C=O) groups is 1. The number of hydrogen-bond donors (Lipinski definition) is 1. The van der Waals surface area contributed by atoms with Crippen LogP contribution in [-0.4, -0.2) is 13.0 Å². The van der Waals surface area contributed by atoms with Crippen LogP contribution in [0.3, 0.4) is 0 Å². The summed E-state index contributed by atoms with van der Waals surface area (Å²) in [6.07, 6.45) is 1.80. The summed E-state index contributed by atoms with van der Waals surface area (Å²) in [5.41, 5.74) is 5.39. The van der Waals surface area contributed by atoms with Crippen LogP contribution >= 0.6 is 0 Å². The van der Waals surface area contributed by atoms with Gasteiger partial charge < -0.3 is 0 Å². The lowest BCUT2D eigenvalue weighted by molar-refractivity contribution is 0.0536. The molecule has 0 radical (unpaired) electrons. The monoisotopic (exact) mass is 207 g/mol. The van der Waals surface area contributed by atoms with E-state index in [4.69, 9.17) is 0 Å². The summed E-state index contributed by atoms with van der Waals surface area (Å²) in [6.45, 7) is 4.14. The molecule has 0 fully saturated rings. The zero-order valence-corrected chi connectivity index (χ0v) is 9.46. The molecule has 1 amide bonds. The molecule has 0 unspecified atom stereocenters. The molecular weight excluding hydrogens is 190 g/mol. The second-order valence-electron chi connectivity index (χ2n) is 3.29. The smallest absolute Gasteiger partial charge is 0.275 e. The van der Waals surface area contributed by atoms with E-state index in [1.165, 1.54) is 12.7 Å². The van der Waals surface area contributed by atoms with E-state index in [0.717, 1.165) is 18.4 Å². The summed E-state index contributed by atoms with van der Waals surface area (Å²) in [7, 11) is 1.44. The van der Waals surface area contributed by atoms with Gasteiger partial charge in [-0.05, 0) is 30.0 Å². The Bertz CT molecular complexity index is 347. The molecular formula is C12H17NO2. The van der Waals surface area contributed by atoms with E-state index in [9.17, 15) is 4.79 Å². The Morgan fingerprint density at radius 1 is 1.33 bits per heavy atom. The zero-order valence-electron chi connectivity index (χ0n) is 9.46. The second-order valence-corrected chi connectivity index (χ2v) is 3.29. The number of hydroxylamine groups is 1. The Balaban J connectivity index is 3.11. The molecule has 0 saturated carbocycles. The topological polar surface area (TPSA) is 38.3 Å². The second kappa shape index (κ2) is 5.51. The lowest BCUT2D eigenvalue weighted by atomic mass is 9.97. The van der Waals surface area contributed by atoms with Crippen LogP contribution in [0.1, 0.15) is 35.3 Å². The molecule has 3 nitrogen and oxygen atoms in total. The van der Waals surface area contributed by atoms with Crippen LogP contribution in [-0.2, 0) is 17.7 Å². The fraction of sp³-hybridized carbons (Fsp3) is 0.417. The first kappa shape index (κ1) is 11.7. The third-order valence-corrected chi connectivity index (χ3v) is 2.45. The first-order valence-corrected chi connectivity index (χ1v) is 5.18. The van der Waals surface area contributed by atoms with Crippen molar-refractivity contribution in [1.29, 1.82) is 0 Å². The molecule has 1 rings (SSSR count). The van der Waals surface area contributed by atoms with Gasteiger partial charge in [0.1, 0.15) is 0 Å². The fourth-order valence-electron chi connectivity index (χ4n) is 1.74. The van der Waals surface area contributed by atoms with Gasteiger partial charge in [0, 0.05) is 5.56 Å². The van der Waals surface area contributed by atoms with E-state index in [-0.39, 0.29) is 5.91 Å². The van der Waals surface area contributed by atoms with E-state index in [0.29, 0.717) is 5.56 Å². The molecule has 0 heterocycles. The fourth-order valence-corrected chi connectivity index (χ4v) is 1.74. The van der Waals surface area contributed by atoms with Crippen LogP contribution in [0.2, 0.25) is 0 Å². The normalized spacial score (nSPS) is 10.1. The molecule has 15 heavy (non-hydrogen) atoms. The Morgan fingerprint density at radius 2 is 2.07 bits per heavy atom. The van der Waals surface area contributed by atoms with Gasteiger partial charge in [0.25, 0.3) is 5.91 Å². The van der Waals surface area contributed by atoms with E-state index < -0.39 is 0 Å². The van der Waals surface area contributed by atoms with Crippen molar-refractivity contribution in [2.45, 2.75) is 26.7 Å². The highest BCUT2D eigenvalue weighted by molar-refractivity contribution is 5.95. The summed E-state index contributed by atoms with van der Waals surface area (Å²) in [4.78, 5) is 16.3. The summed E-state index contributed by atoms with van der Waals surface area (Å²) < 4.78 is 0. The molecule has 0 aliphatic rings. The molecule has 1 N–H and O–H groups in total. The number of hydrogen-bond acceptors (Lipinski definition) is 2. The van der Waals surface area contributed by atoms with Crippen LogP contribution in [0, 0.1) is 0 Å². The maximum Gasteiger partial charge on any atom is 0.275 e. The standard InChI is InChI=1S/C12H17NO2/c1-4-9-7-6-8-11(10(9)5-2)12(14)13-15-3/h6-8H,4-5H2,1-3H3,(H,13,14). The molecule has 1 aromatic carbocycles. The Labute approximate surface area is 90.4 Å². The lowest BCUT2D eigenvalue weighted by Crippen LogP contribution is -2.23. The Morgan fingerprint density at radius 3 is 2.60 bits per heavy atom. The van der Waals surface area contributed by atoms with E-state index in [1.807, 2.05) is 12.1 Å². The molecule has 0 aromatic heterocycles. The number of aryl methyl sites for hydroxylation is 1. The van der Waals surface area contributed by atoms with Gasteiger partial charge in [0.15, 0.2) is 0 Å². The minimum absolute atomic E-state index is 0.176. The van der Waals surface area contributed by atoms with Crippen molar-refractivity contribution in [3.8, 4) is 0 Å². The van der Waals surface area contributed by atoms with Crippen molar-refractivity contribution >= 4 is 5.91 Å². The molecule has 1 aromatic rings. The molecule has 0 aliphatic heterocycles. The first-order chi connectivity index (χ1) is 7.24. The highest BCUT2D eigenvalue weighted by Crippen LogP contribution is 2.16. The van der Waals surface area contributed by atoms with Crippen molar-refractivity contribution in [3.05, 3.63) is 34.9 Å². The quantitative estimate of drug-likeness (QED) is 0.768. The van der Waals surface area contributed by atoms with E-state index in [2.05, 4.69) is 30.2 Å². The average molecular weight is 207 g/mol. The molecule has 3 heteroatoms. The van der Waals surface area contributed by atoms with Crippen molar-refractivity contribution in [3.63, 3.8) is 0 Å². The number of carbonyl (C=O) groups excluding carboxylic acids is 1. The zero-order chi connectivity index (χ0) is 11.3. The third-order valence-electron chi connectivity index (χ3n) is 2.45. The van der Waals surface area contributed by atoms with Gasteiger partial charge in [-0.1, -0.05) is 26.0 Å². The molecule has 0 atom stereocenters. The molecule has 82 valence electrons. The number of benzene rings is 1. The molecule has 0 saturated heterocycles. The number of rotatable bonds is 4. The van der Waals surface area contributed by atoms with E-state index in [1.54, 1.807) is 0 Å². The van der Waals surface area contributed by atoms with E-state index >= 15 is 0 Å². The summed E-state index contributed by atoms with van der Waals surface area (Å²) in [5, 5.41) is 0. The average Bonchev–Trinajstić information content (AvgIpc) is 2.28. The molecule has 0 aliphatic carbocycles. The van der Waals surface area contributed by atoms with Crippen LogP contribution in [0.5, 0.6) is 0 Å². The molecule has 0 spiro atoms. The van der Waals surface area contributed by atoms with Crippen molar-refractivity contribution < 1.29 is 9.63 Å². The predicted molar refractivity (Wildman–Crippen MR) is 59.7 cm³/mol. The Hall–Kier alpha value is -1.35. The SMILES string of the molecule is CCc1cccc(C(=O)NOC)c1CC. The number of nitrogens with one attached hydrogen (secondary N) is 1. The summed E-state index contributed by atoms with van der Waals surface area (Å²) in [6, 6.07) is 5.79. The highest BCUT2D eigenvalue weighted by atomic mass is 16.6. The minimum atomic E-state index is -0.176. The Kier molecular flexibility index (Phi) is 4.31. The predicted octanol–water partition coefficient (Wildman–Crippen LogP) is 2.10. The third kappa shape index (κ3) is 2.57. The lowest BCUT2D eigenvalue weighted by Gasteiger charge is -2.11. The molecule has 0 bridgehead atoms. The van der Waals surface area contributed by atoms with Gasteiger partial charge in [0.2, 0.25) is 0 Å². The van der Waals surface area contributed by atoms with Crippen LogP contribution in [0.25, 0.3) is 0 Å². The maximum absolute atomic E-state index is 11.7. The first-order valence-electron chi connectivity index (χ1n) is 5.18. The highest BCUT2D eigenvalue weighted by Gasteiger charge is 2.12. The van der Waals surface area contributed by atoms with Gasteiger partial charge in [-0.2, -0.15) is 0 Å². The maximum atomic E-state index is 11.7. The van der Waals surface area contributed by atoms with Crippen LogP contribution < -0.4 is 5.48 Å². The minimum Gasteiger partial charge on any atom is -0.277 e. The largest absolute Gasteiger partial charge is 0.277 e. The van der Waals surface area contributed by atoms with Gasteiger partial charge in [0.05, 0.1) is 7.11 Å².